The molecule has 413 valence electrons. The standard InChI is InChI=1S/C57H77FN9O8Si2/c1-13-66-42-19-18-36-30-39(42)40(45(66)38-16-14-24-59-46(38)54(8,76)73-12)32-52(4,5)34-75-48(70)41-17-15-25-67(61-41)51(72)56(31-37-33-65(36)28-29-74-37)49-57(56,77-49)60-47(69)44(35(2)3)63(11)50(71)55(58)22-26-64(27-23-55)43(68)20-21-53(6,7)62(9)10/h14,16,18-19,24,30,35,37,41,44,49,61H,13,15,17,22-23,25-29,31-34H2,1-12H3,(H,60,69)/t37-,41-,44-,49?,54+,56?,57?/m0/s1. The number of esters is 1. The number of aromatic nitrogens is 2. The number of halogens is 1. The Morgan fingerprint density at radius 2 is 1.82 bits per heavy atom. The van der Waals surface area contributed by atoms with Crippen molar-refractivity contribution in [3.8, 4) is 23.1 Å². The summed E-state index contributed by atoms with van der Waals surface area (Å²) >= 11 is 0. The number of hydrazine groups is 1. The Labute approximate surface area is 459 Å². The molecule has 1 saturated carbocycles. The second-order valence-corrected chi connectivity index (χ2v) is 26.8. The highest BCUT2D eigenvalue weighted by atomic mass is 28.2. The Morgan fingerprint density at radius 1 is 1.09 bits per heavy atom. The molecule has 3 unspecified atom stereocenters. The quantitative estimate of drug-likeness (QED) is 0.167. The number of likely N-dealkylation sites (tertiary alicyclic amines) is 1. The first-order valence-corrected chi connectivity index (χ1v) is 28.9. The summed E-state index contributed by atoms with van der Waals surface area (Å²) in [6.45, 7) is 18.4. The molecule has 1 aromatic carbocycles. The van der Waals surface area contributed by atoms with Crippen molar-refractivity contribution >= 4 is 66.0 Å². The van der Waals surface area contributed by atoms with Crippen LogP contribution in [0.2, 0.25) is 5.54 Å². The van der Waals surface area contributed by atoms with E-state index < -0.39 is 80.2 Å². The molecule has 3 aromatic rings. The van der Waals surface area contributed by atoms with Gasteiger partial charge in [0, 0.05) is 105 Å². The molecule has 20 heteroatoms. The minimum absolute atomic E-state index is 0.00513. The van der Waals surface area contributed by atoms with Gasteiger partial charge in [0.05, 0.1) is 66.6 Å². The average Bonchev–Trinajstić information content (AvgIpc) is 3.59. The number of cyclic esters (lactones) is 1. The molecule has 5 fully saturated rings. The topological polar surface area (TPSA) is 171 Å². The predicted molar refractivity (Wildman–Crippen MR) is 293 cm³/mol. The number of ether oxygens (including phenoxy) is 3. The van der Waals surface area contributed by atoms with Gasteiger partial charge < -0.3 is 38.8 Å². The van der Waals surface area contributed by atoms with Crippen LogP contribution in [-0.2, 0) is 56.4 Å². The molecule has 4 saturated heterocycles. The number of amides is 4. The number of carbonyl (C=O) groups is 5. The molecule has 9 rings (SSSR count). The summed E-state index contributed by atoms with van der Waals surface area (Å²) in [7, 11) is 11.0. The molecular weight excluding hydrogens is 1010 g/mol. The number of hydrogen-bond acceptors (Lipinski definition) is 12. The van der Waals surface area contributed by atoms with Crippen LogP contribution in [0.25, 0.3) is 22.2 Å². The van der Waals surface area contributed by atoms with Crippen LogP contribution < -0.4 is 15.6 Å². The summed E-state index contributed by atoms with van der Waals surface area (Å²) in [4.78, 5) is 83.5. The first kappa shape index (κ1) is 56.5. The van der Waals surface area contributed by atoms with Gasteiger partial charge in [0.15, 0.2) is 5.67 Å². The van der Waals surface area contributed by atoms with Gasteiger partial charge in [0.25, 0.3) is 11.8 Å². The number of fused-ring (bicyclic) bond motifs is 9. The van der Waals surface area contributed by atoms with E-state index in [0.717, 1.165) is 39.1 Å². The molecule has 6 bridgehead atoms. The van der Waals surface area contributed by atoms with Crippen LogP contribution in [0.3, 0.4) is 0 Å². The lowest BCUT2D eigenvalue weighted by atomic mass is 9.84. The summed E-state index contributed by atoms with van der Waals surface area (Å²) in [5.41, 5.74) is 4.45. The average molecular weight is 1090 g/mol. The van der Waals surface area contributed by atoms with Crippen molar-refractivity contribution in [2.75, 3.05) is 79.1 Å². The third kappa shape index (κ3) is 10.3. The Balaban J connectivity index is 1.01. The molecule has 5 aliphatic heterocycles. The van der Waals surface area contributed by atoms with Crippen LogP contribution >= 0.6 is 0 Å². The van der Waals surface area contributed by atoms with E-state index in [1.54, 1.807) is 18.3 Å². The van der Waals surface area contributed by atoms with Gasteiger partial charge in [-0.3, -0.25) is 38.9 Å². The molecule has 6 aliphatic rings. The largest absolute Gasteiger partial charge is 0.464 e. The van der Waals surface area contributed by atoms with E-state index in [9.17, 15) is 19.2 Å². The predicted octanol–water partition coefficient (Wildman–Crippen LogP) is 4.40. The van der Waals surface area contributed by atoms with E-state index in [2.05, 4.69) is 87.3 Å². The van der Waals surface area contributed by atoms with Gasteiger partial charge in [-0.2, -0.15) is 0 Å². The van der Waals surface area contributed by atoms with E-state index >= 15 is 9.18 Å². The fraction of sp³-hybridized carbons (Fsp3) is 0.649. The fourth-order valence-electron chi connectivity index (χ4n) is 12.3. The van der Waals surface area contributed by atoms with Gasteiger partial charge in [-0.1, -0.05) is 33.6 Å². The van der Waals surface area contributed by atoms with Crippen LogP contribution in [0, 0.1) is 28.6 Å². The van der Waals surface area contributed by atoms with Crippen LogP contribution in [0.15, 0.2) is 36.5 Å². The number of benzene rings is 1. The zero-order valence-electron chi connectivity index (χ0n) is 47.0. The Bertz CT molecular complexity index is 2890. The molecule has 17 nitrogen and oxygen atoms in total. The number of pyridine rings is 1. The molecule has 2 aromatic heterocycles. The normalized spacial score (nSPS) is 27.2. The number of carbonyl (C=O) groups excluding carboxylic acids is 5. The number of methoxy groups -OCH3 is 1. The number of rotatable bonds is 10. The molecule has 77 heavy (non-hydrogen) atoms. The van der Waals surface area contributed by atoms with Crippen molar-refractivity contribution in [2.24, 2.45) is 16.7 Å². The van der Waals surface area contributed by atoms with Gasteiger partial charge >= 0.3 is 5.97 Å². The lowest BCUT2D eigenvalue weighted by molar-refractivity contribution is -0.157. The Morgan fingerprint density at radius 3 is 2.48 bits per heavy atom. The van der Waals surface area contributed by atoms with Crippen LogP contribution in [0.5, 0.6) is 0 Å². The number of hydrogen-bond donors (Lipinski definition) is 2. The number of alkyl halides is 1. The van der Waals surface area contributed by atoms with Gasteiger partial charge in [-0.05, 0) is 121 Å². The number of nitrogens with one attached hydrogen (secondary N) is 2. The first-order chi connectivity index (χ1) is 36.2. The molecular formula is C57H77FN9O8Si2. The SMILES string of the molecule is CCn1c(-c2cccnc2[C@@](C)([Si])OC)c2c3cc(ccc31)N1CCO[C@H](C1)CC1(C(=O)N3CCC[C@H](N3)C(=O)OCC(C)(C)C2)C2[Si]C21NC(=O)[C@H](C(C)C)N(C)C(=O)C1(F)CCN(C(=O)C#CC(C)(C)N(C)C)CC1. The third-order valence-electron chi connectivity index (χ3n) is 17.4. The van der Waals surface area contributed by atoms with Crippen molar-refractivity contribution < 1.29 is 42.6 Å². The summed E-state index contributed by atoms with van der Waals surface area (Å²) in [6.07, 6.45) is 2.81. The number of anilines is 1. The Hall–Kier alpha value is -5.18. The van der Waals surface area contributed by atoms with E-state index in [1.807, 2.05) is 59.7 Å². The van der Waals surface area contributed by atoms with Crippen LogP contribution in [-0.4, -0.2) is 187 Å². The van der Waals surface area contributed by atoms with Gasteiger partial charge in [0.2, 0.25) is 11.8 Å². The molecule has 1 aliphatic carbocycles. The number of likely N-dealkylation sites (N-methyl/N-ethyl adjacent to an activating group) is 1. The van der Waals surface area contributed by atoms with Gasteiger partial charge in [-0.25, -0.2) is 9.82 Å². The molecule has 7 heterocycles. The van der Waals surface area contributed by atoms with E-state index in [1.165, 1.54) is 16.8 Å². The number of morpholine rings is 1. The zero-order valence-corrected chi connectivity index (χ0v) is 49.0. The minimum Gasteiger partial charge on any atom is -0.464 e. The van der Waals surface area contributed by atoms with Crippen molar-refractivity contribution in [1.29, 1.82) is 0 Å². The van der Waals surface area contributed by atoms with Crippen molar-refractivity contribution in [3.63, 3.8) is 0 Å². The molecule has 5 radical (unpaired) electrons. The lowest BCUT2D eigenvalue weighted by Crippen LogP contribution is -2.62. The Kier molecular flexibility index (Phi) is 15.3. The lowest BCUT2D eigenvalue weighted by Gasteiger charge is -2.42. The third-order valence-corrected chi connectivity index (χ3v) is 20.1. The number of piperidine rings is 1. The van der Waals surface area contributed by atoms with Crippen molar-refractivity contribution in [3.05, 3.63) is 47.8 Å². The number of aryl methyl sites for hydroxylation is 1. The monoisotopic (exact) mass is 1090 g/mol. The van der Waals surface area contributed by atoms with Crippen molar-refractivity contribution in [2.45, 2.75) is 146 Å². The van der Waals surface area contributed by atoms with Gasteiger partial charge in [0.1, 0.15) is 12.1 Å². The zero-order chi connectivity index (χ0) is 55.8. The highest BCUT2D eigenvalue weighted by Crippen LogP contribution is 2.82. The molecule has 7 atom stereocenters. The molecule has 4 amide bonds. The first-order valence-electron chi connectivity index (χ1n) is 27.3. The summed E-state index contributed by atoms with van der Waals surface area (Å²) in [5, 5.41) is 4.14. The van der Waals surface area contributed by atoms with E-state index in [-0.39, 0.29) is 53.5 Å². The maximum atomic E-state index is 16.9. The smallest absolute Gasteiger partial charge is 0.324 e. The molecule has 2 N–H and O–H groups in total. The van der Waals surface area contributed by atoms with Crippen LogP contribution in [0.1, 0.15) is 98.8 Å². The summed E-state index contributed by atoms with van der Waals surface area (Å²) in [6, 6.07) is 8.77. The number of nitrogens with zero attached hydrogens (tertiary/aromatic N) is 7. The minimum atomic E-state index is -2.30. The summed E-state index contributed by atoms with van der Waals surface area (Å²) < 4.78 is 37.9. The molecule has 1 spiro atoms. The maximum Gasteiger partial charge on any atom is 0.324 e. The second-order valence-electron chi connectivity index (χ2n) is 24.2. The highest BCUT2D eigenvalue weighted by molar-refractivity contribution is 6.67. The fourth-order valence-corrected chi connectivity index (χ4v) is 14.5. The second kappa shape index (κ2) is 20.8. The summed E-state index contributed by atoms with van der Waals surface area (Å²) in [5.74, 6) is 2.91. The maximum absolute atomic E-state index is 16.9. The van der Waals surface area contributed by atoms with Crippen molar-refractivity contribution in [1.82, 2.24) is 40.0 Å². The van der Waals surface area contributed by atoms with Crippen LogP contribution in [0.4, 0.5) is 10.1 Å². The van der Waals surface area contributed by atoms with E-state index in [0.29, 0.717) is 58.5 Å². The van der Waals surface area contributed by atoms with Gasteiger partial charge in [-0.15, -0.1) is 0 Å². The highest BCUT2D eigenvalue weighted by Gasteiger charge is 2.93. The van der Waals surface area contributed by atoms with E-state index in [4.69, 9.17) is 19.2 Å².